The van der Waals surface area contributed by atoms with Gasteiger partial charge in [0, 0.05) is 0 Å². The topological polar surface area (TPSA) is 73.9 Å². The molecule has 3 atom stereocenters. The second-order valence-electron chi connectivity index (χ2n) is 8.27. The van der Waals surface area contributed by atoms with Crippen molar-refractivity contribution in [1.29, 1.82) is 0 Å². The van der Waals surface area contributed by atoms with Crippen LogP contribution in [-0.4, -0.2) is 29.8 Å². The Labute approximate surface area is 178 Å². The van der Waals surface area contributed by atoms with Crippen LogP contribution in [0.15, 0.2) is 54.6 Å². The highest BCUT2D eigenvalue weighted by Gasteiger charge is 2.28. The van der Waals surface area contributed by atoms with Gasteiger partial charge >= 0.3 is 12.1 Å². The molecule has 1 N–H and O–H groups in total. The first-order valence-corrected chi connectivity index (χ1v) is 10.0. The molecule has 6 heteroatoms. The summed E-state index contributed by atoms with van der Waals surface area (Å²) in [5.74, 6) is 0.105. The van der Waals surface area contributed by atoms with Crippen molar-refractivity contribution in [2.45, 2.75) is 65.4 Å². The Hall–Kier alpha value is -3.02. The molecule has 162 valence electrons. The standard InChI is InChI=1S/C24H31NO5/c1-16-12-14-19(15-13-16)21(29-20-10-8-7-9-11-20)18(3)28-22(26)17(2)25-23(27)30-24(4,5)6/h7-15,17-18,21H,1-6H3,(H,25,27)/t17?,18-,21-/m0/s1. The Balaban J connectivity index is 2.09. The Morgan fingerprint density at radius 1 is 0.933 bits per heavy atom. The first-order valence-electron chi connectivity index (χ1n) is 10.0. The molecule has 0 aliphatic carbocycles. The largest absolute Gasteiger partial charge is 0.482 e. The van der Waals surface area contributed by atoms with E-state index in [1.165, 1.54) is 0 Å². The molecule has 0 saturated carbocycles. The van der Waals surface area contributed by atoms with Crippen LogP contribution in [0.2, 0.25) is 0 Å². The van der Waals surface area contributed by atoms with Gasteiger partial charge in [0.2, 0.25) is 0 Å². The van der Waals surface area contributed by atoms with E-state index >= 15 is 0 Å². The number of carbonyl (C=O) groups excluding carboxylic acids is 2. The molecule has 0 spiro atoms. The highest BCUT2D eigenvalue weighted by molar-refractivity contribution is 5.81. The molecule has 2 aromatic carbocycles. The van der Waals surface area contributed by atoms with Gasteiger partial charge in [-0.25, -0.2) is 9.59 Å². The summed E-state index contributed by atoms with van der Waals surface area (Å²) < 4.78 is 17.0. The van der Waals surface area contributed by atoms with Crippen molar-refractivity contribution in [3.63, 3.8) is 0 Å². The highest BCUT2D eigenvalue weighted by Crippen LogP contribution is 2.27. The van der Waals surface area contributed by atoms with Gasteiger partial charge in [0.25, 0.3) is 0 Å². The average Bonchev–Trinajstić information content (AvgIpc) is 2.66. The third-order valence-corrected chi connectivity index (χ3v) is 4.23. The van der Waals surface area contributed by atoms with Crippen LogP contribution < -0.4 is 10.1 Å². The van der Waals surface area contributed by atoms with Crippen molar-refractivity contribution >= 4 is 12.1 Å². The number of aryl methyl sites for hydroxylation is 1. The second-order valence-corrected chi connectivity index (χ2v) is 8.27. The second kappa shape index (κ2) is 10.1. The Bertz CT molecular complexity index is 827. The van der Waals surface area contributed by atoms with Crippen molar-refractivity contribution in [2.75, 3.05) is 0 Å². The van der Waals surface area contributed by atoms with Crippen molar-refractivity contribution in [3.8, 4) is 5.75 Å². The van der Waals surface area contributed by atoms with E-state index in [4.69, 9.17) is 14.2 Å². The van der Waals surface area contributed by atoms with Crippen LogP contribution in [-0.2, 0) is 14.3 Å². The molecule has 0 aliphatic heterocycles. The third-order valence-electron chi connectivity index (χ3n) is 4.23. The molecule has 0 bridgehead atoms. The van der Waals surface area contributed by atoms with Crippen LogP contribution in [0.1, 0.15) is 51.8 Å². The van der Waals surface area contributed by atoms with Gasteiger partial charge < -0.3 is 19.5 Å². The molecule has 1 unspecified atom stereocenters. The fourth-order valence-corrected chi connectivity index (χ4v) is 2.73. The smallest absolute Gasteiger partial charge is 0.408 e. The van der Waals surface area contributed by atoms with E-state index in [0.717, 1.165) is 11.1 Å². The zero-order chi connectivity index (χ0) is 22.3. The summed E-state index contributed by atoms with van der Waals surface area (Å²) in [6.07, 6.45) is -1.77. The van der Waals surface area contributed by atoms with E-state index in [-0.39, 0.29) is 0 Å². The summed E-state index contributed by atoms with van der Waals surface area (Å²) in [7, 11) is 0. The van der Waals surface area contributed by atoms with Crippen molar-refractivity contribution in [2.24, 2.45) is 0 Å². The quantitative estimate of drug-likeness (QED) is 0.650. The lowest BCUT2D eigenvalue weighted by Crippen LogP contribution is -2.43. The molecule has 6 nitrogen and oxygen atoms in total. The minimum Gasteiger partial charge on any atom is -0.482 e. The van der Waals surface area contributed by atoms with Gasteiger partial charge in [0.05, 0.1) is 0 Å². The van der Waals surface area contributed by atoms with Gasteiger partial charge in [-0.2, -0.15) is 0 Å². The number of hydrogen-bond acceptors (Lipinski definition) is 5. The third kappa shape index (κ3) is 7.43. The van der Waals surface area contributed by atoms with Gasteiger partial charge in [0.15, 0.2) is 6.10 Å². The van der Waals surface area contributed by atoms with Gasteiger partial charge in [-0.1, -0.05) is 48.0 Å². The fourth-order valence-electron chi connectivity index (χ4n) is 2.73. The van der Waals surface area contributed by atoms with Crippen LogP contribution in [0.25, 0.3) is 0 Å². The number of para-hydroxylation sites is 1. The molecule has 30 heavy (non-hydrogen) atoms. The summed E-state index contributed by atoms with van der Waals surface area (Å²) in [5, 5.41) is 2.50. The monoisotopic (exact) mass is 413 g/mol. The molecule has 0 saturated heterocycles. The summed E-state index contributed by atoms with van der Waals surface area (Å²) in [4.78, 5) is 24.5. The summed E-state index contributed by atoms with van der Waals surface area (Å²) >= 11 is 0. The van der Waals surface area contributed by atoms with Gasteiger partial charge in [0.1, 0.15) is 23.5 Å². The summed E-state index contributed by atoms with van der Waals surface area (Å²) in [6.45, 7) is 10.6. The number of hydrogen-bond donors (Lipinski definition) is 1. The van der Waals surface area contributed by atoms with Gasteiger partial charge in [-0.15, -0.1) is 0 Å². The van der Waals surface area contributed by atoms with E-state index in [0.29, 0.717) is 5.75 Å². The van der Waals surface area contributed by atoms with E-state index < -0.39 is 35.9 Å². The highest BCUT2D eigenvalue weighted by atomic mass is 16.6. The zero-order valence-electron chi connectivity index (χ0n) is 18.5. The van der Waals surface area contributed by atoms with Crippen LogP contribution in [0.4, 0.5) is 4.79 Å². The molecule has 0 aromatic heterocycles. The number of esters is 1. The molecule has 2 aromatic rings. The van der Waals surface area contributed by atoms with E-state index in [1.807, 2.05) is 61.5 Å². The van der Waals surface area contributed by atoms with Crippen LogP contribution in [0.3, 0.4) is 0 Å². The number of benzene rings is 2. The molecular formula is C24H31NO5. The number of alkyl carbamates (subject to hydrolysis) is 1. The molecule has 0 aliphatic rings. The molecule has 1 amide bonds. The zero-order valence-corrected chi connectivity index (χ0v) is 18.5. The normalized spacial score (nSPS) is 14.2. The minimum absolute atomic E-state index is 0.509. The Morgan fingerprint density at radius 2 is 1.53 bits per heavy atom. The Morgan fingerprint density at radius 3 is 2.10 bits per heavy atom. The number of rotatable bonds is 7. The van der Waals surface area contributed by atoms with Crippen molar-refractivity contribution in [1.82, 2.24) is 5.32 Å². The number of ether oxygens (including phenoxy) is 3. The lowest BCUT2D eigenvalue weighted by Gasteiger charge is -2.27. The lowest BCUT2D eigenvalue weighted by atomic mass is 10.0. The Kier molecular flexibility index (Phi) is 7.86. The maximum absolute atomic E-state index is 12.5. The number of amides is 1. The van der Waals surface area contributed by atoms with Crippen LogP contribution in [0.5, 0.6) is 5.75 Å². The first kappa shape index (κ1) is 23.3. The predicted octanol–water partition coefficient (Wildman–Crippen LogP) is 4.96. The maximum atomic E-state index is 12.5. The minimum atomic E-state index is -0.863. The molecular weight excluding hydrogens is 382 g/mol. The SMILES string of the molecule is Cc1ccc([C@@H](Oc2ccccc2)[C@H](C)OC(=O)C(C)NC(=O)OC(C)(C)C)cc1. The maximum Gasteiger partial charge on any atom is 0.408 e. The van der Waals surface area contributed by atoms with Gasteiger partial charge in [-0.05, 0) is 59.2 Å². The van der Waals surface area contributed by atoms with Crippen LogP contribution in [0, 0.1) is 6.92 Å². The molecule has 2 rings (SSSR count). The summed E-state index contributed by atoms with van der Waals surface area (Å²) in [6, 6.07) is 16.4. The molecule has 0 heterocycles. The lowest BCUT2D eigenvalue weighted by molar-refractivity contribution is -0.155. The molecule has 0 radical (unpaired) electrons. The van der Waals surface area contributed by atoms with Crippen molar-refractivity contribution < 1.29 is 23.8 Å². The first-order chi connectivity index (χ1) is 14.0. The van der Waals surface area contributed by atoms with E-state index in [2.05, 4.69) is 5.32 Å². The van der Waals surface area contributed by atoms with Crippen molar-refractivity contribution in [3.05, 3.63) is 65.7 Å². The van der Waals surface area contributed by atoms with E-state index in [9.17, 15) is 9.59 Å². The molecule has 0 fully saturated rings. The van der Waals surface area contributed by atoms with E-state index in [1.54, 1.807) is 34.6 Å². The summed E-state index contributed by atoms with van der Waals surface area (Å²) in [5.41, 5.74) is 1.36. The number of carbonyl (C=O) groups is 2. The predicted molar refractivity (Wildman–Crippen MR) is 115 cm³/mol. The average molecular weight is 414 g/mol. The van der Waals surface area contributed by atoms with Crippen LogP contribution >= 0.6 is 0 Å². The fraction of sp³-hybridized carbons (Fsp3) is 0.417. The van der Waals surface area contributed by atoms with Gasteiger partial charge in [-0.3, -0.25) is 0 Å². The number of nitrogens with one attached hydrogen (secondary N) is 1.